The number of rotatable bonds is 5. The number of ketones is 2. The van der Waals surface area contributed by atoms with Crippen molar-refractivity contribution in [2.45, 2.75) is 32.1 Å². The van der Waals surface area contributed by atoms with Crippen LogP contribution < -0.4 is 0 Å². The predicted octanol–water partition coefficient (Wildman–Crippen LogP) is 2.34. The lowest BCUT2D eigenvalue weighted by Gasteiger charge is -2.18. The fourth-order valence-electron chi connectivity index (χ4n) is 1.97. The Balaban J connectivity index is 2.36. The van der Waals surface area contributed by atoms with Gasteiger partial charge in [0.1, 0.15) is 5.78 Å². The first-order valence-corrected chi connectivity index (χ1v) is 6.16. The minimum atomic E-state index is -0.0290. The molecule has 3 nitrogen and oxygen atoms in total. The smallest absolute Gasteiger partial charge is 0.156 e. The van der Waals surface area contributed by atoms with Crippen molar-refractivity contribution in [1.82, 2.24) is 4.90 Å². The molecule has 0 saturated heterocycles. The molecule has 0 N–H and O–H groups in total. The van der Waals surface area contributed by atoms with Gasteiger partial charge in [-0.15, -0.1) is 0 Å². The molecule has 1 aliphatic carbocycles. The third-order valence-corrected chi connectivity index (χ3v) is 2.91. The van der Waals surface area contributed by atoms with Gasteiger partial charge in [-0.25, -0.2) is 0 Å². The molecule has 94 valence electrons. The molecule has 0 heterocycles. The van der Waals surface area contributed by atoms with Gasteiger partial charge in [0.25, 0.3) is 0 Å². The van der Waals surface area contributed by atoms with Crippen LogP contribution in [0.25, 0.3) is 0 Å². The van der Waals surface area contributed by atoms with Crippen molar-refractivity contribution in [2.24, 2.45) is 5.92 Å². The van der Waals surface area contributed by atoms with Gasteiger partial charge in [0.15, 0.2) is 5.78 Å². The van der Waals surface area contributed by atoms with E-state index in [0.29, 0.717) is 12.8 Å². The molecule has 0 bridgehead atoms. The molecule has 0 aromatic carbocycles. The van der Waals surface area contributed by atoms with Crippen LogP contribution in [0, 0.1) is 5.92 Å². The quantitative estimate of drug-likeness (QED) is 0.542. The molecule has 3 heteroatoms. The van der Waals surface area contributed by atoms with E-state index in [0.717, 1.165) is 19.3 Å². The molecule has 1 saturated carbocycles. The molecule has 1 unspecified atom stereocenters. The topological polar surface area (TPSA) is 37.4 Å². The zero-order valence-corrected chi connectivity index (χ0v) is 10.7. The molecular formula is C14H21NO2. The van der Waals surface area contributed by atoms with E-state index >= 15 is 0 Å². The number of nitrogens with zero attached hydrogens (tertiary/aromatic N) is 1. The van der Waals surface area contributed by atoms with E-state index in [-0.39, 0.29) is 17.5 Å². The van der Waals surface area contributed by atoms with Gasteiger partial charge in [-0.2, -0.15) is 0 Å². The number of Topliss-reactive ketones (excluding diaryl/α,β-unsaturated/α-hetero) is 1. The summed E-state index contributed by atoms with van der Waals surface area (Å²) in [6.45, 7) is 0. The number of allylic oxidation sites excluding steroid dienone is 3. The highest BCUT2D eigenvalue weighted by Crippen LogP contribution is 2.23. The van der Waals surface area contributed by atoms with Crippen molar-refractivity contribution in [3.05, 3.63) is 24.4 Å². The van der Waals surface area contributed by atoms with Crippen LogP contribution in [0.15, 0.2) is 24.4 Å². The van der Waals surface area contributed by atoms with E-state index in [4.69, 9.17) is 0 Å². The Hall–Kier alpha value is -1.38. The van der Waals surface area contributed by atoms with Crippen LogP contribution in [-0.2, 0) is 9.59 Å². The molecule has 1 aliphatic rings. The van der Waals surface area contributed by atoms with E-state index in [9.17, 15) is 9.59 Å². The van der Waals surface area contributed by atoms with Crippen LogP contribution in [0.2, 0.25) is 0 Å². The van der Waals surface area contributed by atoms with Crippen LogP contribution in [0.3, 0.4) is 0 Å². The fraction of sp³-hybridized carbons (Fsp3) is 0.571. The zero-order valence-electron chi connectivity index (χ0n) is 10.7. The SMILES string of the molecule is CN(C)/C=C/C=C/C(=O)CC1CCCCC1=O. The summed E-state index contributed by atoms with van der Waals surface area (Å²) >= 11 is 0. The maximum absolute atomic E-state index is 11.6. The van der Waals surface area contributed by atoms with Crippen LogP contribution in [-0.4, -0.2) is 30.6 Å². The second-order valence-corrected chi connectivity index (χ2v) is 4.74. The lowest BCUT2D eigenvalue weighted by Crippen LogP contribution is -2.21. The van der Waals surface area contributed by atoms with E-state index in [1.54, 1.807) is 12.2 Å². The first kappa shape index (κ1) is 13.7. The maximum Gasteiger partial charge on any atom is 0.156 e. The number of hydrogen-bond acceptors (Lipinski definition) is 3. The van der Waals surface area contributed by atoms with Crippen LogP contribution in [0.1, 0.15) is 32.1 Å². The molecule has 1 atom stereocenters. The van der Waals surface area contributed by atoms with Crippen molar-refractivity contribution >= 4 is 11.6 Å². The number of hydrogen-bond donors (Lipinski definition) is 0. The summed E-state index contributed by atoms with van der Waals surface area (Å²) in [6.07, 6.45) is 11.0. The van der Waals surface area contributed by atoms with Crippen LogP contribution in [0.5, 0.6) is 0 Å². The summed E-state index contributed by atoms with van der Waals surface area (Å²) < 4.78 is 0. The summed E-state index contributed by atoms with van der Waals surface area (Å²) in [7, 11) is 3.85. The summed E-state index contributed by atoms with van der Waals surface area (Å²) in [6, 6.07) is 0. The minimum absolute atomic E-state index is 0.0290. The highest BCUT2D eigenvalue weighted by Gasteiger charge is 2.23. The van der Waals surface area contributed by atoms with Gasteiger partial charge in [-0.05, 0) is 31.2 Å². The Morgan fingerprint density at radius 3 is 2.76 bits per heavy atom. The molecule has 0 aliphatic heterocycles. The molecule has 0 spiro atoms. The van der Waals surface area contributed by atoms with Gasteiger partial charge in [0.2, 0.25) is 0 Å². The van der Waals surface area contributed by atoms with Crippen LogP contribution in [0.4, 0.5) is 0 Å². The van der Waals surface area contributed by atoms with Gasteiger partial charge in [0, 0.05) is 32.9 Å². The van der Waals surface area contributed by atoms with Gasteiger partial charge in [-0.3, -0.25) is 9.59 Å². The predicted molar refractivity (Wildman–Crippen MR) is 68.6 cm³/mol. The monoisotopic (exact) mass is 235 g/mol. The standard InChI is InChI=1S/C14H21NO2/c1-15(2)10-6-5-8-13(16)11-12-7-3-4-9-14(12)17/h5-6,8,10,12H,3-4,7,9,11H2,1-2H3/b8-5+,10-6+. The average molecular weight is 235 g/mol. The summed E-state index contributed by atoms with van der Waals surface area (Å²) in [5.41, 5.74) is 0. The zero-order chi connectivity index (χ0) is 12.7. The molecular weight excluding hydrogens is 214 g/mol. The Morgan fingerprint density at radius 1 is 1.35 bits per heavy atom. The molecule has 0 amide bonds. The highest BCUT2D eigenvalue weighted by molar-refractivity contribution is 5.94. The van der Waals surface area contributed by atoms with Crippen molar-refractivity contribution < 1.29 is 9.59 Å². The maximum atomic E-state index is 11.6. The third-order valence-electron chi connectivity index (χ3n) is 2.91. The largest absolute Gasteiger partial charge is 0.383 e. The molecule has 0 aromatic heterocycles. The van der Waals surface area contributed by atoms with E-state index in [1.165, 1.54) is 0 Å². The van der Waals surface area contributed by atoms with E-state index < -0.39 is 0 Å². The van der Waals surface area contributed by atoms with E-state index in [1.807, 2.05) is 31.3 Å². The number of carbonyl (C=O) groups is 2. The highest BCUT2D eigenvalue weighted by atomic mass is 16.1. The first-order valence-electron chi connectivity index (χ1n) is 6.16. The van der Waals surface area contributed by atoms with Crippen molar-refractivity contribution in [2.75, 3.05) is 14.1 Å². The fourth-order valence-corrected chi connectivity index (χ4v) is 1.97. The van der Waals surface area contributed by atoms with Crippen molar-refractivity contribution in [1.29, 1.82) is 0 Å². The van der Waals surface area contributed by atoms with Gasteiger partial charge < -0.3 is 4.90 Å². The molecule has 17 heavy (non-hydrogen) atoms. The van der Waals surface area contributed by atoms with Gasteiger partial charge in [0.05, 0.1) is 0 Å². The lowest BCUT2D eigenvalue weighted by atomic mass is 9.84. The molecule has 1 fully saturated rings. The molecule has 0 radical (unpaired) electrons. The first-order chi connectivity index (χ1) is 8.09. The van der Waals surface area contributed by atoms with Crippen LogP contribution >= 0.6 is 0 Å². The normalized spacial score (nSPS) is 21.3. The second kappa shape index (κ2) is 7.05. The Kier molecular flexibility index (Phi) is 5.67. The van der Waals surface area contributed by atoms with Gasteiger partial charge >= 0.3 is 0 Å². The number of carbonyl (C=O) groups excluding carboxylic acids is 2. The Morgan fingerprint density at radius 2 is 2.12 bits per heavy atom. The summed E-state index contributed by atoms with van der Waals surface area (Å²) in [5.74, 6) is 0.286. The third kappa shape index (κ3) is 5.48. The second-order valence-electron chi connectivity index (χ2n) is 4.74. The minimum Gasteiger partial charge on any atom is -0.383 e. The van der Waals surface area contributed by atoms with E-state index in [2.05, 4.69) is 0 Å². The lowest BCUT2D eigenvalue weighted by molar-refractivity contribution is -0.128. The Bertz CT molecular complexity index is 329. The van der Waals surface area contributed by atoms with Crippen molar-refractivity contribution in [3.8, 4) is 0 Å². The molecule has 0 aromatic rings. The van der Waals surface area contributed by atoms with Gasteiger partial charge in [-0.1, -0.05) is 12.5 Å². The average Bonchev–Trinajstić information content (AvgIpc) is 2.27. The summed E-state index contributed by atoms with van der Waals surface area (Å²) in [5, 5.41) is 0. The van der Waals surface area contributed by atoms with Crippen molar-refractivity contribution in [3.63, 3.8) is 0 Å². The summed E-state index contributed by atoms with van der Waals surface area (Å²) in [4.78, 5) is 25.1. The molecule has 1 rings (SSSR count). The Labute approximate surface area is 103 Å².